The highest BCUT2D eigenvalue weighted by atomic mass is 35.5. The Morgan fingerprint density at radius 1 is 1.27 bits per heavy atom. The number of aliphatic hydroxyl groups excluding tert-OH is 1. The van der Waals surface area contributed by atoms with Gasteiger partial charge >= 0.3 is 0 Å². The van der Waals surface area contributed by atoms with Crippen LogP contribution in [0, 0.1) is 0 Å². The summed E-state index contributed by atoms with van der Waals surface area (Å²) in [6.45, 7) is 0. The van der Waals surface area contributed by atoms with Gasteiger partial charge in [-0.2, -0.15) is 11.3 Å². The molecule has 0 saturated carbocycles. The molecule has 0 saturated heterocycles. The highest BCUT2D eigenvalue weighted by Gasteiger charge is 2.11. The molecule has 1 atom stereocenters. The fourth-order valence-corrected chi connectivity index (χ4v) is 2.43. The van der Waals surface area contributed by atoms with Gasteiger partial charge in [-0.3, -0.25) is 0 Å². The second-order valence-corrected chi connectivity index (χ2v) is 4.56. The summed E-state index contributed by atoms with van der Waals surface area (Å²) in [5, 5.41) is 14.7. The van der Waals surface area contributed by atoms with E-state index in [4.69, 9.17) is 11.6 Å². The topological polar surface area (TPSA) is 20.2 Å². The Labute approximate surface area is 98.0 Å². The first-order valence-corrected chi connectivity index (χ1v) is 6.03. The number of halogens is 1. The standard InChI is InChI=1S/C12H11ClOS/c13-11-4-2-1-3-10(11)12(14)7-9-5-6-15-8-9/h1-6,8,12,14H,7H2. The fraction of sp³-hybridized carbons (Fsp3) is 0.167. The van der Waals surface area contributed by atoms with Crippen LogP contribution in [0.25, 0.3) is 0 Å². The fourth-order valence-electron chi connectivity index (χ4n) is 1.49. The van der Waals surface area contributed by atoms with Gasteiger partial charge in [0.25, 0.3) is 0 Å². The molecule has 0 fully saturated rings. The molecule has 1 heterocycles. The van der Waals surface area contributed by atoms with Crippen molar-refractivity contribution in [1.82, 2.24) is 0 Å². The number of rotatable bonds is 3. The molecule has 78 valence electrons. The molecule has 0 aliphatic rings. The minimum absolute atomic E-state index is 0.520. The van der Waals surface area contributed by atoms with Crippen molar-refractivity contribution >= 4 is 22.9 Å². The van der Waals surface area contributed by atoms with Gasteiger partial charge in [-0.1, -0.05) is 29.8 Å². The Kier molecular flexibility index (Phi) is 3.41. The number of hydrogen-bond acceptors (Lipinski definition) is 2. The van der Waals surface area contributed by atoms with Gasteiger partial charge in [-0.15, -0.1) is 0 Å². The van der Waals surface area contributed by atoms with Crippen LogP contribution in [0.4, 0.5) is 0 Å². The van der Waals surface area contributed by atoms with Gasteiger partial charge < -0.3 is 5.11 Å². The number of benzene rings is 1. The average Bonchev–Trinajstić information content (AvgIpc) is 2.71. The maximum atomic E-state index is 9.99. The first kappa shape index (κ1) is 10.7. The summed E-state index contributed by atoms with van der Waals surface area (Å²) in [5.74, 6) is 0. The molecule has 1 unspecified atom stereocenters. The summed E-state index contributed by atoms with van der Waals surface area (Å²) in [4.78, 5) is 0. The van der Waals surface area contributed by atoms with Crippen molar-refractivity contribution in [2.45, 2.75) is 12.5 Å². The van der Waals surface area contributed by atoms with E-state index in [1.165, 1.54) is 0 Å². The normalized spacial score (nSPS) is 12.7. The summed E-state index contributed by atoms with van der Waals surface area (Å²) < 4.78 is 0. The monoisotopic (exact) mass is 238 g/mol. The lowest BCUT2D eigenvalue weighted by Crippen LogP contribution is -2.01. The van der Waals surface area contributed by atoms with Crippen LogP contribution >= 0.6 is 22.9 Å². The molecule has 3 heteroatoms. The highest BCUT2D eigenvalue weighted by Crippen LogP contribution is 2.25. The maximum absolute atomic E-state index is 9.99. The van der Waals surface area contributed by atoms with E-state index >= 15 is 0 Å². The molecule has 0 aliphatic heterocycles. The summed E-state index contributed by atoms with van der Waals surface area (Å²) in [6, 6.07) is 9.43. The van der Waals surface area contributed by atoms with Crippen LogP contribution in [-0.2, 0) is 6.42 Å². The lowest BCUT2D eigenvalue weighted by molar-refractivity contribution is 0.178. The van der Waals surface area contributed by atoms with Gasteiger partial charge in [0.15, 0.2) is 0 Å². The van der Waals surface area contributed by atoms with Gasteiger partial charge in [0.2, 0.25) is 0 Å². The average molecular weight is 239 g/mol. The van der Waals surface area contributed by atoms with Gasteiger partial charge in [-0.25, -0.2) is 0 Å². The van der Waals surface area contributed by atoms with Crippen LogP contribution in [-0.4, -0.2) is 5.11 Å². The Balaban J connectivity index is 2.15. The van der Waals surface area contributed by atoms with Gasteiger partial charge in [0.1, 0.15) is 0 Å². The third kappa shape index (κ3) is 2.59. The zero-order chi connectivity index (χ0) is 10.7. The van der Waals surface area contributed by atoms with E-state index in [1.54, 1.807) is 17.4 Å². The third-order valence-electron chi connectivity index (χ3n) is 2.27. The Hall–Kier alpha value is -0.830. The first-order chi connectivity index (χ1) is 7.27. The van der Waals surface area contributed by atoms with Crippen molar-refractivity contribution in [1.29, 1.82) is 0 Å². The van der Waals surface area contributed by atoms with Crippen molar-refractivity contribution in [3.63, 3.8) is 0 Å². The molecule has 1 aromatic heterocycles. The molecular weight excluding hydrogens is 228 g/mol. The molecule has 1 N–H and O–H groups in total. The summed E-state index contributed by atoms with van der Waals surface area (Å²) >= 11 is 7.64. The van der Waals surface area contributed by atoms with Crippen LogP contribution in [0.3, 0.4) is 0 Å². The minimum Gasteiger partial charge on any atom is -0.388 e. The van der Waals surface area contributed by atoms with E-state index < -0.39 is 6.10 Å². The quantitative estimate of drug-likeness (QED) is 0.865. The number of thiophene rings is 1. The maximum Gasteiger partial charge on any atom is 0.0845 e. The highest BCUT2D eigenvalue weighted by molar-refractivity contribution is 7.07. The smallest absolute Gasteiger partial charge is 0.0845 e. The largest absolute Gasteiger partial charge is 0.388 e. The molecule has 0 spiro atoms. The van der Waals surface area contributed by atoms with Crippen molar-refractivity contribution < 1.29 is 5.11 Å². The molecule has 0 aliphatic carbocycles. The van der Waals surface area contributed by atoms with E-state index in [-0.39, 0.29) is 0 Å². The second kappa shape index (κ2) is 4.79. The van der Waals surface area contributed by atoms with E-state index in [2.05, 4.69) is 0 Å². The van der Waals surface area contributed by atoms with Crippen LogP contribution in [0.1, 0.15) is 17.2 Å². The van der Waals surface area contributed by atoms with E-state index in [9.17, 15) is 5.11 Å². The Morgan fingerprint density at radius 2 is 2.07 bits per heavy atom. The van der Waals surface area contributed by atoms with Crippen molar-refractivity contribution in [3.05, 3.63) is 57.2 Å². The molecule has 1 aromatic carbocycles. The van der Waals surface area contributed by atoms with E-state index in [0.717, 1.165) is 11.1 Å². The second-order valence-electron chi connectivity index (χ2n) is 3.37. The van der Waals surface area contributed by atoms with Gasteiger partial charge in [0.05, 0.1) is 6.10 Å². The molecule has 0 bridgehead atoms. The number of hydrogen-bond donors (Lipinski definition) is 1. The predicted octanol–water partition coefficient (Wildman–Crippen LogP) is 3.68. The van der Waals surface area contributed by atoms with Crippen LogP contribution < -0.4 is 0 Å². The molecular formula is C12H11ClOS. The zero-order valence-corrected chi connectivity index (χ0v) is 9.63. The predicted molar refractivity (Wildman–Crippen MR) is 64.4 cm³/mol. The van der Waals surface area contributed by atoms with Crippen LogP contribution in [0.15, 0.2) is 41.1 Å². The molecule has 1 nitrogen and oxygen atoms in total. The molecule has 0 amide bonds. The summed E-state index contributed by atoms with van der Waals surface area (Å²) in [7, 11) is 0. The van der Waals surface area contributed by atoms with Gasteiger partial charge in [-0.05, 0) is 34.0 Å². The third-order valence-corrected chi connectivity index (χ3v) is 3.35. The van der Waals surface area contributed by atoms with Crippen molar-refractivity contribution in [3.8, 4) is 0 Å². The first-order valence-electron chi connectivity index (χ1n) is 4.71. The summed E-state index contributed by atoms with van der Waals surface area (Å²) in [6.07, 6.45) is 0.0982. The Bertz CT molecular complexity index is 425. The van der Waals surface area contributed by atoms with Gasteiger partial charge in [0, 0.05) is 11.4 Å². The molecule has 0 radical (unpaired) electrons. The van der Waals surface area contributed by atoms with E-state index in [0.29, 0.717) is 11.4 Å². The van der Waals surface area contributed by atoms with Crippen LogP contribution in [0.5, 0.6) is 0 Å². The summed E-state index contributed by atoms with van der Waals surface area (Å²) in [5.41, 5.74) is 1.94. The molecule has 15 heavy (non-hydrogen) atoms. The van der Waals surface area contributed by atoms with Crippen molar-refractivity contribution in [2.24, 2.45) is 0 Å². The zero-order valence-electron chi connectivity index (χ0n) is 8.06. The van der Waals surface area contributed by atoms with Crippen molar-refractivity contribution in [2.75, 3.05) is 0 Å². The lowest BCUT2D eigenvalue weighted by atomic mass is 10.0. The molecule has 2 rings (SSSR count). The molecule has 2 aromatic rings. The Morgan fingerprint density at radius 3 is 2.73 bits per heavy atom. The minimum atomic E-state index is -0.520. The SMILES string of the molecule is OC(Cc1ccsc1)c1ccccc1Cl. The van der Waals surface area contributed by atoms with Crippen LogP contribution in [0.2, 0.25) is 5.02 Å². The number of aliphatic hydroxyl groups is 1. The van der Waals surface area contributed by atoms with E-state index in [1.807, 2.05) is 35.0 Å². The lowest BCUT2D eigenvalue weighted by Gasteiger charge is -2.11.